The van der Waals surface area contributed by atoms with Gasteiger partial charge in [-0.25, -0.2) is 0 Å². The van der Waals surface area contributed by atoms with E-state index in [0.717, 1.165) is 44.5 Å². The second-order valence-corrected chi connectivity index (χ2v) is 13.4. The van der Waals surface area contributed by atoms with Crippen molar-refractivity contribution in [2.24, 2.45) is 11.7 Å². The van der Waals surface area contributed by atoms with Gasteiger partial charge in [-0.2, -0.15) is 10.5 Å². The first kappa shape index (κ1) is 28.6. The van der Waals surface area contributed by atoms with Crippen LogP contribution in [0.5, 0.6) is 11.5 Å². The predicted octanol–water partition coefficient (Wildman–Crippen LogP) is 6.97. The summed E-state index contributed by atoms with van der Waals surface area (Å²) in [6.07, 6.45) is 0.789. The summed E-state index contributed by atoms with van der Waals surface area (Å²) in [7, 11) is 1.35. The summed E-state index contributed by atoms with van der Waals surface area (Å²) in [6, 6.07) is 15.0. The Morgan fingerprint density at radius 1 is 1.18 bits per heavy atom. The molecule has 2 heterocycles. The Bertz CT molecular complexity index is 1320. The molecule has 0 saturated heterocycles. The Morgan fingerprint density at radius 2 is 1.92 bits per heavy atom. The van der Waals surface area contributed by atoms with Crippen molar-refractivity contribution in [3.05, 3.63) is 64.0 Å². The number of anilines is 1. The number of hydrogen-bond acceptors (Lipinski definition) is 5. The molecule has 1 amide bonds. The lowest BCUT2D eigenvalue weighted by Gasteiger charge is -2.20. The molecule has 0 saturated carbocycles. The molecule has 0 aliphatic carbocycles. The van der Waals surface area contributed by atoms with Gasteiger partial charge in [-0.3, -0.25) is 4.79 Å². The van der Waals surface area contributed by atoms with Crippen molar-refractivity contribution in [3.8, 4) is 21.9 Å². The van der Waals surface area contributed by atoms with Crippen molar-refractivity contribution >= 4 is 50.1 Å². The van der Waals surface area contributed by atoms with Crippen LogP contribution in [0.15, 0.2) is 48.5 Å². The number of carbonyl (C=O) groups excluding carboxylic acids is 1. The number of ether oxygens (including phenoxy) is 2. The number of amides is 1. The minimum absolute atomic E-state index is 0.0109. The normalized spacial score (nSPS) is 15.0. The van der Waals surface area contributed by atoms with Gasteiger partial charge in [0.15, 0.2) is 11.5 Å². The van der Waals surface area contributed by atoms with Gasteiger partial charge >= 0.3 is 0 Å². The number of rotatable bonds is 11. The fraction of sp³-hybridized carbons (Fsp3) is 0.379. The van der Waals surface area contributed by atoms with Crippen LogP contribution in [0.2, 0.25) is 5.02 Å². The number of carbonyl (C=O) groups is 1. The van der Waals surface area contributed by atoms with Crippen molar-refractivity contribution in [2.45, 2.75) is 39.8 Å². The zero-order valence-electron chi connectivity index (χ0n) is 22.2. The summed E-state index contributed by atoms with van der Waals surface area (Å²) in [6.45, 7) is 7.12. The molecule has 38 heavy (non-hydrogen) atoms. The highest BCUT2D eigenvalue weighted by molar-refractivity contribution is 8.15. The maximum absolute atomic E-state index is 13.2. The van der Waals surface area contributed by atoms with Crippen LogP contribution in [0.1, 0.15) is 42.4 Å². The van der Waals surface area contributed by atoms with Crippen molar-refractivity contribution in [1.82, 2.24) is 0 Å². The molecule has 2 aromatic carbocycles. The molecule has 2 atom stereocenters. The van der Waals surface area contributed by atoms with Crippen molar-refractivity contribution in [1.29, 1.82) is 0 Å². The summed E-state index contributed by atoms with van der Waals surface area (Å²) in [5, 5.41) is 11.6. The van der Waals surface area contributed by atoms with Crippen LogP contribution in [0.4, 0.5) is 5.69 Å². The number of fused-ring (bicyclic) bond motifs is 1. The first-order valence-electron chi connectivity index (χ1n) is 12.7. The largest absolute Gasteiger partial charge is 0.493 e. The molecule has 9 heteroatoms. The smallest absolute Gasteiger partial charge is 0.269 e. The number of benzene rings is 2. The summed E-state index contributed by atoms with van der Waals surface area (Å²) < 4.78 is 11.6. The zero-order chi connectivity index (χ0) is 27.4. The SMILES string of the molecule is CCS(CCCOc1ccc(N2Cc3cc(-c4ccc(Cl)cc4)sc3C2=O)cc1OC)=C(O)[C@@H](N)C(C)C. The highest BCUT2D eigenvalue weighted by atomic mass is 35.5. The summed E-state index contributed by atoms with van der Waals surface area (Å²) in [5.74, 6) is 3.09. The summed E-state index contributed by atoms with van der Waals surface area (Å²) >= 11 is 7.52. The molecule has 1 aromatic heterocycles. The monoisotopic (exact) mass is 574 g/mol. The minimum Gasteiger partial charge on any atom is -0.493 e. The van der Waals surface area contributed by atoms with E-state index in [1.54, 1.807) is 12.0 Å². The molecule has 1 aliphatic rings. The van der Waals surface area contributed by atoms with Crippen LogP contribution in [0, 0.1) is 5.92 Å². The van der Waals surface area contributed by atoms with Gasteiger partial charge in [0.25, 0.3) is 5.91 Å². The summed E-state index contributed by atoms with van der Waals surface area (Å²) in [4.78, 5) is 16.8. The number of thiophene rings is 1. The Balaban J connectivity index is 1.40. The van der Waals surface area contributed by atoms with Gasteiger partial charge < -0.3 is 25.2 Å². The Hall–Kier alpha value is -2.36. The number of nitrogens with two attached hydrogens (primary N) is 1. The van der Waals surface area contributed by atoms with E-state index >= 15 is 0 Å². The van der Waals surface area contributed by atoms with Crippen LogP contribution in [0.25, 0.3) is 10.4 Å². The number of hydrogen-bond donors (Lipinski definition) is 2. The molecule has 1 unspecified atom stereocenters. The zero-order valence-corrected chi connectivity index (χ0v) is 24.6. The first-order chi connectivity index (χ1) is 18.2. The molecule has 3 aromatic rings. The summed E-state index contributed by atoms with van der Waals surface area (Å²) in [5.41, 5.74) is 8.99. The molecule has 6 nitrogen and oxygen atoms in total. The number of halogens is 1. The maximum atomic E-state index is 13.2. The van der Waals surface area contributed by atoms with Gasteiger partial charge in [0.05, 0.1) is 36.2 Å². The lowest BCUT2D eigenvalue weighted by molar-refractivity contribution is 0.1000. The van der Waals surface area contributed by atoms with Gasteiger partial charge in [-0.1, -0.05) is 44.5 Å². The lowest BCUT2D eigenvalue weighted by atomic mass is 10.1. The molecule has 0 spiro atoms. The fourth-order valence-corrected chi connectivity index (χ4v) is 7.46. The molecule has 0 fully saturated rings. The first-order valence-corrected chi connectivity index (χ1v) is 15.5. The Kier molecular flexibility index (Phi) is 9.54. The second-order valence-electron chi connectivity index (χ2n) is 9.49. The Morgan fingerprint density at radius 3 is 2.55 bits per heavy atom. The van der Waals surface area contributed by atoms with Crippen molar-refractivity contribution in [2.75, 3.05) is 30.1 Å². The van der Waals surface area contributed by atoms with Crippen LogP contribution in [-0.4, -0.2) is 47.3 Å². The third-order valence-corrected chi connectivity index (χ3v) is 10.4. The average Bonchev–Trinajstić information content (AvgIpc) is 3.47. The quantitative estimate of drug-likeness (QED) is 0.191. The topological polar surface area (TPSA) is 85.0 Å². The van der Waals surface area contributed by atoms with Gasteiger partial charge in [0.2, 0.25) is 0 Å². The highest BCUT2D eigenvalue weighted by Gasteiger charge is 2.32. The Labute approximate surface area is 236 Å². The van der Waals surface area contributed by atoms with E-state index in [4.69, 9.17) is 26.8 Å². The third kappa shape index (κ3) is 6.26. The van der Waals surface area contributed by atoms with E-state index < -0.39 is 0 Å². The van der Waals surface area contributed by atoms with Crippen molar-refractivity contribution in [3.63, 3.8) is 0 Å². The van der Waals surface area contributed by atoms with E-state index in [-0.39, 0.29) is 28.4 Å². The van der Waals surface area contributed by atoms with Crippen LogP contribution in [0.3, 0.4) is 0 Å². The van der Waals surface area contributed by atoms with Gasteiger partial charge in [0.1, 0.15) is 0 Å². The molecule has 204 valence electrons. The second kappa shape index (κ2) is 12.7. The van der Waals surface area contributed by atoms with Crippen LogP contribution in [-0.2, 0) is 6.54 Å². The number of aliphatic hydroxyl groups excluding tert-OH is 1. The van der Waals surface area contributed by atoms with E-state index in [2.05, 4.69) is 13.0 Å². The highest BCUT2D eigenvalue weighted by Crippen LogP contribution is 2.40. The molecular weight excluding hydrogens is 540 g/mol. The van der Waals surface area contributed by atoms with E-state index in [9.17, 15) is 9.90 Å². The molecule has 0 radical (unpaired) electrons. The van der Waals surface area contributed by atoms with Crippen molar-refractivity contribution < 1.29 is 19.4 Å². The number of aliphatic hydroxyl groups is 1. The fourth-order valence-electron chi connectivity index (χ4n) is 4.29. The predicted molar refractivity (Wildman–Crippen MR) is 162 cm³/mol. The molecule has 4 rings (SSSR count). The van der Waals surface area contributed by atoms with E-state index in [1.807, 2.05) is 56.3 Å². The number of nitrogens with zero attached hydrogens (tertiary/aromatic N) is 1. The lowest BCUT2D eigenvalue weighted by Crippen LogP contribution is -2.35. The van der Waals surface area contributed by atoms with Gasteiger partial charge in [0, 0.05) is 21.7 Å². The average molecular weight is 575 g/mol. The van der Waals surface area contributed by atoms with Gasteiger partial charge in [-0.05, 0) is 65.3 Å². The molecular formula is C29H35ClN2O4S2. The molecule has 3 N–H and O–H groups in total. The third-order valence-electron chi connectivity index (χ3n) is 6.60. The maximum Gasteiger partial charge on any atom is 0.269 e. The number of methoxy groups -OCH3 is 1. The minimum atomic E-state index is -0.297. The van der Waals surface area contributed by atoms with Gasteiger partial charge in [-0.15, -0.1) is 11.3 Å². The molecule has 1 aliphatic heterocycles. The van der Waals surface area contributed by atoms with Crippen LogP contribution >= 0.6 is 33.4 Å². The van der Waals surface area contributed by atoms with E-state index in [0.29, 0.717) is 34.7 Å². The molecule has 0 bridgehead atoms. The standard InChI is InChI=1S/C29H35ClN2O4S2/c1-5-38(29(34)26(31)18(2)3)14-6-13-36-23-12-11-22(16-24(23)35-4)32-17-20-15-25(37-27(20)28(32)33)19-7-9-21(30)10-8-19/h7-12,15-16,18,26,34H,5-6,13-14,17,31H2,1-4H3/t26-,38?/m0/s1. The van der Waals surface area contributed by atoms with Crippen LogP contribution < -0.4 is 20.1 Å². The van der Waals surface area contributed by atoms with E-state index in [1.165, 1.54) is 11.3 Å².